The molecule has 0 heterocycles. The zero-order chi connectivity index (χ0) is 25.9. The molecule has 0 aromatic rings. The van der Waals surface area contributed by atoms with Gasteiger partial charge < -0.3 is 49.1 Å². The fourth-order valence-electron chi connectivity index (χ4n) is 2.33. The number of nitrogens with two attached hydrogens (primary N) is 4. The maximum Gasteiger partial charge on any atom is 0.326 e. The Morgan fingerprint density at radius 2 is 0.939 bits per heavy atom. The summed E-state index contributed by atoms with van der Waals surface area (Å²) in [5, 5.41) is 23.9. The van der Waals surface area contributed by atoms with E-state index in [0.717, 1.165) is 0 Å². The zero-order valence-corrected chi connectivity index (χ0v) is 17.1. The maximum atomic E-state index is 12.5. The van der Waals surface area contributed by atoms with Crippen molar-refractivity contribution in [3.8, 4) is 0 Å². The molecule has 184 valence electrons. The van der Waals surface area contributed by atoms with Crippen molar-refractivity contribution in [2.45, 2.75) is 49.9 Å². The Bertz CT molecular complexity index is 830. The van der Waals surface area contributed by atoms with E-state index in [9.17, 15) is 38.4 Å². The summed E-state index contributed by atoms with van der Waals surface area (Å²) in [4.78, 5) is 92.3. The van der Waals surface area contributed by atoms with Crippen molar-refractivity contribution >= 4 is 47.4 Å². The number of carbonyl (C=O) groups excluding carboxylic acids is 6. The molecule has 0 spiro atoms. The topological polar surface area (TPSA) is 317 Å². The Balaban J connectivity index is 5.58. The summed E-state index contributed by atoms with van der Waals surface area (Å²) in [5.74, 6) is -9.99. The van der Waals surface area contributed by atoms with E-state index in [2.05, 4.69) is 0 Å². The van der Waals surface area contributed by atoms with Crippen molar-refractivity contribution in [2.75, 3.05) is 0 Å². The fraction of sp³-hybridized carbons (Fsp3) is 0.500. The van der Waals surface area contributed by atoms with Gasteiger partial charge in [-0.05, 0) is 0 Å². The summed E-state index contributed by atoms with van der Waals surface area (Å²) in [5.41, 5.74) is 20.3. The smallest absolute Gasteiger partial charge is 0.326 e. The average Bonchev–Trinajstić information content (AvgIpc) is 2.64. The second kappa shape index (κ2) is 13.2. The second-order valence-electron chi connectivity index (χ2n) is 6.74. The highest BCUT2D eigenvalue weighted by atomic mass is 16.4. The lowest BCUT2D eigenvalue weighted by atomic mass is 10.1. The molecular formula is C16H25N7O10. The van der Waals surface area contributed by atoms with Gasteiger partial charge in [0.05, 0.1) is 31.7 Å². The van der Waals surface area contributed by atoms with Crippen LogP contribution in [-0.2, 0) is 38.4 Å². The molecule has 0 fully saturated rings. The fourth-order valence-corrected chi connectivity index (χ4v) is 2.33. The minimum absolute atomic E-state index is 0.600. The number of carboxylic acid groups (broad SMARTS) is 2. The number of amides is 6. The van der Waals surface area contributed by atoms with E-state index in [1.807, 2.05) is 16.0 Å². The molecule has 0 bridgehead atoms. The van der Waals surface area contributed by atoms with E-state index in [4.69, 9.17) is 33.1 Å². The van der Waals surface area contributed by atoms with E-state index >= 15 is 0 Å². The van der Waals surface area contributed by atoms with Gasteiger partial charge in [0.25, 0.3) is 0 Å². The zero-order valence-electron chi connectivity index (χ0n) is 17.1. The second-order valence-corrected chi connectivity index (χ2v) is 6.74. The van der Waals surface area contributed by atoms with Crippen LogP contribution in [0, 0.1) is 0 Å². The standard InChI is InChI=1S/C16H25N7O10/c17-5(1-9(18)24)13(29)21-6(2-10(19)25)14(30)22-7(4-12(27)28)15(31)23-8(16(32)33)3-11(20)26/h5-8H,1-4,17H2,(H2,18,24)(H2,19,25)(H2,20,26)(H,21,29)(H,22,30)(H,23,31)(H,27,28)(H,32,33). The molecule has 0 aromatic heterocycles. The van der Waals surface area contributed by atoms with E-state index in [1.165, 1.54) is 0 Å². The van der Waals surface area contributed by atoms with Gasteiger partial charge in [0, 0.05) is 0 Å². The highest BCUT2D eigenvalue weighted by molar-refractivity contribution is 5.98. The first-order valence-corrected chi connectivity index (χ1v) is 9.10. The lowest BCUT2D eigenvalue weighted by Gasteiger charge is -2.23. The third-order valence-electron chi connectivity index (χ3n) is 3.83. The Morgan fingerprint density at radius 1 is 0.576 bits per heavy atom. The third kappa shape index (κ3) is 11.6. The predicted octanol–water partition coefficient (Wildman–Crippen LogP) is -6.05. The van der Waals surface area contributed by atoms with Gasteiger partial charge in [0.1, 0.15) is 18.1 Å². The number of carboxylic acids is 2. The van der Waals surface area contributed by atoms with Gasteiger partial charge in [-0.1, -0.05) is 0 Å². The Morgan fingerprint density at radius 3 is 1.33 bits per heavy atom. The molecule has 0 rings (SSSR count). The molecule has 0 saturated heterocycles. The molecule has 17 heteroatoms. The summed E-state index contributed by atoms with van der Waals surface area (Å²) >= 11 is 0. The molecule has 0 aliphatic rings. The quantitative estimate of drug-likeness (QED) is 0.107. The van der Waals surface area contributed by atoms with Crippen LogP contribution >= 0.6 is 0 Å². The Kier molecular flexibility index (Phi) is 11.5. The normalized spacial score (nSPS) is 14.0. The van der Waals surface area contributed by atoms with Crippen LogP contribution in [0.2, 0.25) is 0 Å². The van der Waals surface area contributed by atoms with Gasteiger partial charge in [-0.15, -0.1) is 0 Å². The van der Waals surface area contributed by atoms with Gasteiger partial charge in [-0.3, -0.25) is 33.6 Å². The molecule has 17 nitrogen and oxygen atoms in total. The Hall–Kier alpha value is -4.28. The largest absolute Gasteiger partial charge is 0.481 e. The van der Waals surface area contributed by atoms with Crippen molar-refractivity contribution in [2.24, 2.45) is 22.9 Å². The molecule has 0 aliphatic heterocycles. The molecular weight excluding hydrogens is 450 g/mol. The van der Waals surface area contributed by atoms with Gasteiger partial charge in [0.15, 0.2) is 0 Å². The van der Waals surface area contributed by atoms with Gasteiger partial charge in [-0.25, -0.2) is 4.79 Å². The van der Waals surface area contributed by atoms with Crippen LogP contribution in [0.4, 0.5) is 0 Å². The summed E-state index contributed by atoms with van der Waals surface area (Å²) in [6.45, 7) is 0. The van der Waals surface area contributed by atoms with Gasteiger partial charge >= 0.3 is 11.9 Å². The number of hydrogen-bond donors (Lipinski definition) is 9. The number of carbonyl (C=O) groups is 8. The van der Waals surface area contributed by atoms with Crippen LogP contribution in [0.1, 0.15) is 25.7 Å². The maximum absolute atomic E-state index is 12.5. The molecule has 0 saturated carbocycles. The minimum atomic E-state index is -1.89. The monoisotopic (exact) mass is 475 g/mol. The first kappa shape index (κ1) is 28.7. The van der Waals surface area contributed by atoms with E-state index in [1.54, 1.807) is 0 Å². The number of rotatable bonds is 15. The van der Waals surface area contributed by atoms with Crippen molar-refractivity contribution in [1.82, 2.24) is 16.0 Å². The molecule has 33 heavy (non-hydrogen) atoms. The first-order chi connectivity index (χ1) is 15.1. The van der Waals surface area contributed by atoms with Crippen molar-refractivity contribution in [3.63, 3.8) is 0 Å². The predicted molar refractivity (Wildman–Crippen MR) is 105 cm³/mol. The lowest BCUT2D eigenvalue weighted by Crippen LogP contribution is -2.58. The Labute approximate surface area is 185 Å². The van der Waals surface area contributed by atoms with Crippen molar-refractivity contribution in [3.05, 3.63) is 0 Å². The van der Waals surface area contributed by atoms with E-state index < -0.39 is 97.2 Å². The van der Waals surface area contributed by atoms with E-state index in [0.29, 0.717) is 0 Å². The van der Waals surface area contributed by atoms with Crippen molar-refractivity contribution < 1.29 is 48.6 Å². The number of hydrogen-bond acceptors (Lipinski definition) is 9. The molecule has 0 aromatic carbocycles. The number of primary amides is 3. The van der Waals surface area contributed by atoms with Crippen LogP contribution in [0.3, 0.4) is 0 Å². The molecule has 0 aliphatic carbocycles. The van der Waals surface area contributed by atoms with Crippen LogP contribution < -0.4 is 38.9 Å². The molecule has 6 amide bonds. The van der Waals surface area contributed by atoms with Crippen LogP contribution in [-0.4, -0.2) is 81.8 Å². The van der Waals surface area contributed by atoms with Crippen LogP contribution in [0.25, 0.3) is 0 Å². The summed E-state index contributed by atoms with van der Waals surface area (Å²) < 4.78 is 0. The summed E-state index contributed by atoms with van der Waals surface area (Å²) in [7, 11) is 0. The third-order valence-corrected chi connectivity index (χ3v) is 3.83. The van der Waals surface area contributed by atoms with Gasteiger partial charge in [-0.2, -0.15) is 0 Å². The van der Waals surface area contributed by atoms with Crippen LogP contribution in [0.5, 0.6) is 0 Å². The first-order valence-electron chi connectivity index (χ1n) is 9.10. The summed E-state index contributed by atoms with van der Waals surface area (Å²) in [6.07, 6.45) is -3.27. The highest BCUT2D eigenvalue weighted by Crippen LogP contribution is 2.01. The number of nitrogens with one attached hydrogen (secondary N) is 3. The van der Waals surface area contributed by atoms with Crippen molar-refractivity contribution in [1.29, 1.82) is 0 Å². The highest BCUT2D eigenvalue weighted by Gasteiger charge is 2.32. The average molecular weight is 475 g/mol. The molecule has 13 N–H and O–H groups in total. The number of aliphatic carboxylic acids is 2. The molecule has 4 unspecified atom stereocenters. The molecule has 0 radical (unpaired) electrons. The minimum Gasteiger partial charge on any atom is -0.481 e. The summed E-state index contributed by atoms with van der Waals surface area (Å²) in [6, 6.07) is -6.94. The molecule has 4 atom stereocenters. The SMILES string of the molecule is NC(=O)CC(N)C(=O)NC(CC(N)=O)C(=O)NC(CC(=O)O)C(=O)NC(CC(N)=O)C(=O)O. The van der Waals surface area contributed by atoms with Crippen LogP contribution in [0.15, 0.2) is 0 Å². The van der Waals surface area contributed by atoms with Gasteiger partial charge in [0.2, 0.25) is 35.4 Å². The lowest BCUT2D eigenvalue weighted by molar-refractivity contribution is -0.145. The van der Waals surface area contributed by atoms with E-state index in [-0.39, 0.29) is 0 Å².